The van der Waals surface area contributed by atoms with Crippen molar-refractivity contribution in [3.63, 3.8) is 0 Å². The third-order valence-electron chi connectivity index (χ3n) is 5.12. The number of carboxylic acid groups (broad SMARTS) is 1. The van der Waals surface area contributed by atoms with Gasteiger partial charge >= 0.3 is 5.97 Å². The maximum absolute atomic E-state index is 11.1. The van der Waals surface area contributed by atoms with Gasteiger partial charge in [0.05, 0.1) is 27.9 Å². The first-order valence-electron chi connectivity index (χ1n) is 9.85. The van der Waals surface area contributed by atoms with Crippen LogP contribution in [0.5, 0.6) is 0 Å². The molecule has 32 heavy (non-hydrogen) atoms. The van der Waals surface area contributed by atoms with Gasteiger partial charge in [-0.25, -0.2) is 4.79 Å². The van der Waals surface area contributed by atoms with Crippen LogP contribution in [0.15, 0.2) is 77.8 Å². The largest absolute Gasteiger partial charge is 0.478 e. The second-order valence-corrected chi connectivity index (χ2v) is 8.03. The molecule has 0 radical (unpaired) electrons. The van der Waals surface area contributed by atoms with Crippen molar-refractivity contribution in [3.05, 3.63) is 105 Å². The molecule has 7 heteroatoms. The molecule has 4 rings (SSSR count). The Kier molecular flexibility index (Phi) is 7.97. The van der Waals surface area contributed by atoms with E-state index in [0.717, 1.165) is 34.6 Å². The number of carboxylic acids is 1. The van der Waals surface area contributed by atoms with Crippen molar-refractivity contribution in [3.8, 4) is 0 Å². The second-order valence-electron chi connectivity index (χ2n) is 7.21. The predicted molar refractivity (Wildman–Crippen MR) is 135 cm³/mol. The molecular weight excluding hydrogens is 467 g/mol. The van der Waals surface area contributed by atoms with Gasteiger partial charge in [-0.3, -0.25) is 4.99 Å². The van der Waals surface area contributed by atoms with Crippen LogP contribution in [-0.2, 0) is 6.54 Å². The number of carbonyl (C=O) groups is 1. The number of para-hydroxylation sites is 1. The Morgan fingerprint density at radius 1 is 1.00 bits per heavy atom. The fourth-order valence-electron chi connectivity index (χ4n) is 3.53. The zero-order valence-corrected chi connectivity index (χ0v) is 19.4. The average Bonchev–Trinajstić information content (AvgIpc) is 2.94. The summed E-state index contributed by atoms with van der Waals surface area (Å²) in [4.78, 5) is 18.2. The van der Waals surface area contributed by atoms with Gasteiger partial charge in [-0.2, -0.15) is 0 Å². The zero-order chi connectivity index (χ0) is 21.8. The number of hydrogen-bond acceptors (Lipinski definition) is 3. The number of benzene rings is 3. The molecule has 0 bridgehead atoms. The molecule has 1 aliphatic rings. The molecule has 0 spiro atoms. The maximum atomic E-state index is 11.1. The summed E-state index contributed by atoms with van der Waals surface area (Å²) in [6.07, 6.45) is 3.99. The van der Waals surface area contributed by atoms with Crippen LogP contribution >= 0.6 is 35.6 Å². The summed E-state index contributed by atoms with van der Waals surface area (Å²) in [5, 5.41) is 10.2. The van der Waals surface area contributed by atoms with E-state index in [9.17, 15) is 4.79 Å². The Labute approximate surface area is 203 Å². The minimum atomic E-state index is -0.918. The quantitative estimate of drug-likeness (QED) is 0.439. The lowest BCUT2D eigenvalue weighted by molar-refractivity contribution is 0.0697. The maximum Gasteiger partial charge on any atom is 0.335 e. The Balaban J connectivity index is 0.00000289. The molecule has 0 fully saturated rings. The van der Waals surface area contributed by atoms with E-state index in [-0.39, 0.29) is 18.0 Å². The molecule has 4 nitrogen and oxygen atoms in total. The molecule has 164 valence electrons. The summed E-state index contributed by atoms with van der Waals surface area (Å²) in [6.45, 7) is 2.10. The lowest BCUT2D eigenvalue weighted by Gasteiger charge is -2.25. The van der Waals surface area contributed by atoms with E-state index < -0.39 is 5.97 Å². The minimum absolute atomic E-state index is 0. The Morgan fingerprint density at radius 3 is 2.47 bits per heavy atom. The first kappa shape index (κ1) is 23.9. The Bertz CT molecular complexity index is 1170. The van der Waals surface area contributed by atoms with Crippen molar-refractivity contribution in [2.24, 2.45) is 4.99 Å². The number of hydrogen-bond donors (Lipinski definition) is 1. The monoisotopic (exact) mass is 486 g/mol. The number of fused-ring (bicyclic) bond motifs is 1. The number of anilines is 1. The van der Waals surface area contributed by atoms with Crippen LogP contribution in [-0.4, -0.2) is 29.9 Å². The molecule has 0 aliphatic carbocycles. The molecule has 3 aromatic carbocycles. The summed E-state index contributed by atoms with van der Waals surface area (Å²) in [5.41, 5.74) is 5.35. The normalized spacial score (nSPS) is 13.2. The Hall–Kier alpha value is -2.79. The fourth-order valence-corrected chi connectivity index (χ4v) is 3.84. The number of aliphatic imine (C=N–C) groups is 1. The van der Waals surface area contributed by atoms with Gasteiger partial charge in [0.2, 0.25) is 0 Å². The highest BCUT2D eigenvalue weighted by molar-refractivity contribution is 6.42. The van der Waals surface area contributed by atoms with Crippen molar-refractivity contribution in [1.29, 1.82) is 0 Å². The lowest BCUT2D eigenvalue weighted by atomic mass is 10.0. The van der Waals surface area contributed by atoms with Crippen molar-refractivity contribution in [2.45, 2.75) is 6.54 Å². The van der Waals surface area contributed by atoms with Crippen LogP contribution in [0.3, 0.4) is 0 Å². The number of allylic oxidation sites excluding steroid dienone is 1. The van der Waals surface area contributed by atoms with Gasteiger partial charge in [-0.05, 0) is 47.5 Å². The fraction of sp³-hybridized carbons (Fsp3) is 0.120. The number of rotatable bonds is 5. The third-order valence-corrected chi connectivity index (χ3v) is 5.86. The number of halogens is 3. The van der Waals surface area contributed by atoms with Crippen LogP contribution < -0.4 is 4.90 Å². The average molecular weight is 488 g/mol. The number of nitrogens with zero attached hydrogens (tertiary/aromatic N) is 2. The van der Waals surface area contributed by atoms with Crippen LogP contribution in [0.4, 0.5) is 5.69 Å². The summed E-state index contributed by atoms with van der Waals surface area (Å²) < 4.78 is 0. The number of benzodiazepines with no additional fused rings is 1. The molecule has 0 unspecified atom stereocenters. The smallest absolute Gasteiger partial charge is 0.335 e. The molecule has 0 atom stereocenters. The van der Waals surface area contributed by atoms with Crippen molar-refractivity contribution in [1.82, 2.24) is 0 Å². The summed E-state index contributed by atoms with van der Waals surface area (Å²) in [5.74, 6) is -0.918. The minimum Gasteiger partial charge on any atom is -0.478 e. The van der Waals surface area contributed by atoms with E-state index >= 15 is 0 Å². The van der Waals surface area contributed by atoms with Crippen molar-refractivity contribution < 1.29 is 9.90 Å². The van der Waals surface area contributed by atoms with Gasteiger partial charge in [0.15, 0.2) is 0 Å². The van der Waals surface area contributed by atoms with E-state index in [1.165, 1.54) is 0 Å². The summed E-state index contributed by atoms with van der Waals surface area (Å²) >= 11 is 12.1. The molecule has 0 aromatic heterocycles. The molecule has 0 saturated carbocycles. The van der Waals surface area contributed by atoms with Crippen LogP contribution in [0.25, 0.3) is 6.08 Å². The highest BCUT2D eigenvalue weighted by Gasteiger charge is 2.17. The topological polar surface area (TPSA) is 52.9 Å². The van der Waals surface area contributed by atoms with Gasteiger partial charge in [-0.1, -0.05) is 65.7 Å². The van der Waals surface area contributed by atoms with Crippen LogP contribution in [0.2, 0.25) is 10.0 Å². The third kappa shape index (κ3) is 5.52. The van der Waals surface area contributed by atoms with Crippen molar-refractivity contribution in [2.75, 3.05) is 18.0 Å². The van der Waals surface area contributed by atoms with Gasteiger partial charge in [0.25, 0.3) is 0 Å². The Morgan fingerprint density at radius 2 is 1.75 bits per heavy atom. The van der Waals surface area contributed by atoms with E-state index in [1.54, 1.807) is 18.2 Å². The van der Waals surface area contributed by atoms with E-state index in [2.05, 4.69) is 17.0 Å². The molecule has 1 aliphatic heterocycles. The lowest BCUT2D eigenvalue weighted by Crippen LogP contribution is -2.25. The summed E-state index contributed by atoms with van der Waals surface area (Å²) in [7, 11) is 0. The highest BCUT2D eigenvalue weighted by atomic mass is 35.5. The standard InChI is InChI=1S/C25H20Cl2N2O2.ClH/c26-21-11-7-17(15-22(21)27)8-12-23-20-3-1-2-4-24(20)29(14-13-28-23)16-18-5-9-19(10-6-18)25(30)31;/h1-12,15H,13-14,16H2,(H,30,31);1H/b12-8+;. The highest BCUT2D eigenvalue weighted by Crippen LogP contribution is 2.27. The predicted octanol–water partition coefficient (Wildman–Crippen LogP) is 6.64. The second kappa shape index (κ2) is 10.7. The van der Waals surface area contributed by atoms with E-state index in [1.807, 2.05) is 48.6 Å². The zero-order valence-electron chi connectivity index (χ0n) is 17.0. The molecule has 0 saturated heterocycles. The number of aromatic carboxylic acids is 1. The van der Waals surface area contributed by atoms with Gasteiger partial charge in [-0.15, -0.1) is 12.4 Å². The van der Waals surface area contributed by atoms with E-state index in [0.29, 0.717) is 23.1 Å². The molecule has 1 N–H and O–H groups in total. The first-order chi connectivity index (χ1) is 15.0. The molecular formula is C25H21Cl3N2O2. The SMILES string of the molecule is Cl.O=C(O)c1ccc(CN2CCN=C(/C=C/c3ccc(Cl)c(Cl)c3)c3ccccc32)cc1. The van der Waals surface area contributed by atoms with Gasteiger partial charge in [0, 0.05) is 24.3 Å². The van der Waals surface area contributed by atoms with Crippen molar-refractivity contribution >= 4 is 59.1 Å². The van der Waals surface area contributed by atoms with Crippen LogP contribution in [0.1, 0.15) is 27.0 Å². The van der Waals surface area contributed by atoms with E-state index in [4.69, 9.17) is 33.3 Å². The van der Waals surface area contributed by atoms with Crippen LogP contribution in [0, 0.1) is 0 Å². The molecule has 0 amide bonds. The molecule has 3 aromatic rings. The first-order valence-corrected chi connectivity index (χ1v) is 10.6. The van der Waals surface area contributed by atoms with Gasteiger partial charge < -0.3 is 10.0 Å². The molecule has 1 heterocycles. The summed E-state index contributed by atoms with van der Waals surface area (Å²) in [6, 6.07) is 20.7. The van der Waals surface area contributed by atoms with Gasteiger partial charge in [0.1, 0.15) is 0 Å².